The first-order valence-electron chi connectivity index (χ1n) is 14.5. The molecule has 3 heterocycles. The second kappa shape index (κ2) is 14.7. The zero-order valence-electron chi connectivity index (χ0n) is 25.3. The number of hydrogen-bond donors (Lipinski definition) is 3. The summed E-state index contributed by atoms with van der Waals surface area (Å²) in [7, 11) is 4.06. The van der Waals surface area contributed by atoms with E-state index >= 15 is 0 Å². The highest BCUT2D eigenvalue weighted by atomic mass is 16.5. The fourth-order valence-electron chi connectivity index (χ4n) is 4.69. The first-order valence-corrected chi connectivity index (χ1v) is 14.5. The van der Waals surface area contributed by atoms with Crippen LogP contribution in [0, 0.1) is 5.41 Å². The highest BCUT2D eigenvalue weighted by molar-refractivity contribution is 5.97. The number of carbonyl (C=O) groups excluding carboxylic acids is 1. The fraction of sp³-hybridized carbons (Fsp3) is 0.484. The molecule has 11 nitrogen and oxygen atoms in total. The van der Waals surface area contributed by atoms with Crippen LogP contribution in [0.3, 0.4) is 0 Å². The summed E-state index contributed by atoms with van der Waals surface area (Å²) in [5.41, 5.74) is 2.12. The van der Waals surface area contributed by atoms with E-state index in [1.54, 1.807) is 12.1 Å². The van der Waals surface area contributed by atoms with E-state index in [1.165, 1.54) is 0 Å². The highest BCUT2D eigenvalue weighted by Crippen LogP contribution is 2.27. The monoisotopic (exact) mass is 577 g/mol. The van der Waals surface area contributed by atoms with Crippen LogP contribution in [0.15, 0.2) is 42.5 Å². The maximum atomic E-state index is 13.3. The van der Waals surface area contributed by atoms with Crippen LogP contribution >= 0.6 is 0 Å². The largest absolute Gasteiger partial charge is 0.494 e. The van der Waals surface area contributed by atoms with Crippen molar-refractivity contribution in [3.63, 3.8) is 0 Å². The van der Waals surface area contributed by atoms with Crippen LogP contribution in [0.1, 0.15) is 56.0 Å². The second-order valence-corrected chi connectivity index (χ2v) is 11.4. The molecule has 2 aliphatic rings. The average molecular weight is 578 g/mol. The normalized spacial score (nSPS) is 14.1. The van der Waals surface area contributed by atoms with Gasteiger partial charge >= 0.3 is 6.01 Å². The lowest BCUT2D eigenvalue weighted by Crippen LogP contribution is -2.40. The predicted octanol–water partition coefficient (Wildman–Crippen LogP) is 4.89. The molecule has 0 saturated carbocycles. The molecule has 5 rings (SSSR count). The van der Waals surface area contributed by atoms with Gasteiger partial charge in [-0.2, -0.15) is 15.0 Å². The minimum absolute atomic E-state index is 0.0885. The molecule has 0 radical (unpaired) electrons. The number of ether oxygens (including phenoxy) is 3. The van der Waals surface area contributed by atoms with E-state index in [2.05, 4.69) is 49.6 Å². The van der Waals surface area contributed by atoms with Crippen molar-refractivity contribution in [2.45, 2.75) is 46.6 Å². The van der Waals surface area contributed by atoms with Crippen molar-refractivity contribution >= 4 is 23.5 Å². The number of nitrogens with one attached hydrogen (secondary N) is 3. The third-order valence-electron chi connectivity index (χ3n) is 6.53. The molecular weight excluding hydrogens is 534 g/mol. The Morgan fingerprint density at radius 1 is 1.00 bits per heavy atom. The summed E-state index contributed by atoms with van der Waals surface area (Å²) in [6.45, 7) is 9.55. The van der Waals surface area contributed by atoms with Crippen molar-refractivity contribution in [3.8, 4) is 17.5 Å². The highest BCUT2D eigenvalue weighted by Gasteiger charge is 2.22. The number of fused-ring (bicyclic) bond motifs is 9. The maximum absolute atomic E-state index is 13.3. The van der Waals surface area contributed by atoms with E-state index < -0.39 is 0 Å². The Morgan fingerprint density at radius 2 is 1.74 bits per heavy atom. The molecule has 42 heavy (non-hydrogen) atoms. The molecule has 0 unspecified atom stereocenters. The molecule has 3 N–H and O–H groups in total. The van der Waals surface area contributed by atoms with Gasteiger partial charge in [0.1, 0.15) is 11.5 Å². The topological polar surface area (TPSA) is 123 Å². The Kier molecular flexibility index (Phi) is 10.8. The Hall–Kier alpha value is -4.12. The van der Waals surface area contributed by atoms with E-state index in [1.807, 2.05) is 51.4 Å². The number of carbonyl (C=O) groups is 1. The maximum Gasteiger partial charge on any atom is 0.323 e. The summed E-state index contributed by atoms with van der Waals surface area (Å²) in [5.74, 6) is 1.82. The van der Waals surface area contributed by atoms with E-state index in [-0.39, 0.29) is 17.3 Å². The molecule has 1 aromatic heterocycles. The standard InChI is InChI=1S/C31H43N7O4/c1-6-40-30-36-28-32-19-22-10-13-24(14-11-22)41-16-8-7-9-17-42-26-18-23(34-29(35-28)37-30)12-15-25(26)27(39)33-20-31(2,3)21-38(4)5/h10-15,18H,6-9,16-17,19-21H2,1-5H3,(H,33,39)(H2,32,34,35,36,37). The van der Waals surface area contributed by atoms with Crippen LogP contribution in [-0.2, 0) is 6.54 Å². The number of amides is 1. The molecule has 2 aromatic carbocycles. The van der Waals surface area contributed by atoms with Gasteiger partial charge in [0.15, 0.2) is 0 Å². The van der Waals surface area contributed by atoms with Gasteiger partial charge in [0, 0.05) is 31.4 Å². The Labute approximate surface area is 248 Å². The molecule has 3 aromatic rings. The molecule has 0 fully saturated rings. The van der Waals surface area contributed by atoms with Crippen LogP contribution < -0.4 is 30.2 Å². The minimum atomic E-state index is -0.179. The molecule has 11 heteroatoms. The molecule has 0 aliphatic carbocycles. The minimum Gasteiger partial charge on any atom is -0.494 e. The van der Waals surface area contributed by atoms with Crippen molar-refractivity contribution in [1.29, 1.82) is 0 Å². The van der Waals surface area contributed by atoms with Crippen LogP contribution in [0.5, 0.6) is 17.5 Å². The van der Waals surface area contributed by atoms with E-state index in [0.717, 1.165) is 37.1 Å². The summed E-state index contributed by atoms with van der Waals surface area (Å²) < 4.78 is 17.7. The van der Waals surface area contributed by atoms with Gasteiger partial charge in [-0.15, -0.1) is 0 Å². The number of rotatable bonds is 7. The van der Waals surface area contributed by atoms with E-state index in [4.69, 9.17) is 14.2 Å². The molecule has 2 aliphatic heterocycles. The average Bonchev–Trinajstić information content (AvgIpc) is 2.94. The lowest BCUT2D eigenvalue weighted by atomic mass is 9.93. The van der Waals surface area contributed by atoms with Crippen molar-refractivity contribution in [1.82, 2.24) is 25.2 Å². The van der Waals surface area contributed by atoms with Crippen LogP contribution in [-0.4, -0.2) is 72.8 Å². The lowest BCUT2D eigenvalue weighted by molar-refractivity contribution is 0.0925. The van der Waals surface area contributed by atoms with Crippen molar-refractivity contribution in [2.75, 3.05) is 57.6 Å². The molecule has 226 valence electrons. The van der Waals surface area contributed by atoms with E-state index in [0.29, 0.717) is 61.8 Å². The van der Waals surface area contributed by atoms with Gasteiger partial charge in [-0.25, -0.2) is 0 Å². The Bertz CT molecular complexity index is 1320. The zero-order valence-corrected chi connectivity index (χ0v) is 25.3. The number of aromatic nitrogens is 3. The summed E-state index contributed by atoms with van der Waals surface area (Å²) in [6.07, 6.45) is 2.67. The van der Waals surface area contributed by atoms with Crippen molar-refractivity contribution in [3.05, 3.63) is 53.6 Å². The van der Waals surface area contributed by atoms with Crippen LogP contribution in [0.4, 0.5) is 17.6 Å². The number of benzene rings is 2. The van der Waals surface area contributed by atoms with Gasteiger partial charge in [0.25, 0.3) is 5.91 Å². The molecule has 0 atom stereocenters. The third kappa shape index (κ3) is 9.47. The number of nitrogens with zero attached hydrogens (tertiary/aromatic N) is 4. The fourth-order valence-corrected chi connectivity index (χ4v) is 4.69. The molecule has 0 spiro atoms. The Balaban J connectivity index is 1.58. The summed E-state index contributed by atoms with van der Waals surface area (Å²) >= 11 is 0. The smallest absolute Gasteiger partial charge is 0.323 e. The van der Waals surface area contributed by atoms with Gasteiger partial charge in [0.2, 0.25) is 11.9 Å². The van der Waals surface area contributed by atoms with Crippen LogP contribution in [0.2, 0.25) is 0 Å². The second-order valence-electron chi connectivity index (χ2n) is 11.4. The zero-order chi connectivity index (χ0) is 30.0. The van der Waals surface area contributed by atoms with Gasteiger partial charge in [-0.1, -0.05) is 26.0 Å². The van der Waals surface area contributed by atoms with Crippen molar-refractivity contribution < 1.29 is 19.0 Å². The predicted molar refractivity (Wildman–Crippen MR) is 164 cm³/mol. The summed E-state index contributed by atoms with van der Waals surface area (Å²) in [4.78, 5) is 28.7. The number of hydrogen-bond acceptors (Lipinski definition) is 10. The van der Waals surface area contributed by atoms with Crippen LogP contribution in [0.25, 0.3) is 0 Å². The van der Waals surface area contributed by atoms with Gasteiger partial charge in [-0.3, -0.25) is 4.79 Å². The molecular formula is C31H43N7O4. The first kappa shape index (κ1) is 30.8. The molecule has 6 bridgehead atoms. The summed E-state index contributed by atoms with van der Waals surface area (Å²) in [6, 6.07) is 13.5. The summed E-state index contributed by atoms with van der Waals surface area (Å²) in [5, 5.41) is 9.57. The van der Waals surface area contributed by atoms with Gasteiger partial charge in [-0.05, 0) is 75.5 Å². The third-order valence-corrected chi connectivity index (χ3v) is 6.53. The molecule has 0 saturated heterocycles. The lowest BCUT2D eigenvalue weighted by Gasteiger charge is -2.28. The van der Waals surface area contributed by atoms with Gasteiger partial charge in [0.05, 0.1) is 25.4 Å². The quantitative estimate of drug-likeness (QED) is 0.358. The number of anilines is 3. The Morgan fingerprint density at radius 3 is 2.48 bits per heavy atom. The van der Waals surface area contributed by atoms with Gasteiger partial charge < -0.3 is 35.1 Å². The van der Waals surface area contributed by atoms with E-state index in [9.17, 15) is 4.79 Å². The SMILES string of the molecule is CCOc1nc2nc(n1)Nc1ccc(C(=O)NCC(C)(C)CN(C)C)c(c1)OCCCCCOc1ccc(cc1)CN2. The molecule has 1 amide bonds. The first-order chi connectivity index (χ1) is 20.2. The van der Waals surface area contributed by atoms with Crippen molar-refractivity contribution in [2.24, 2.45) is 5.41 Å².